The van der Waals surface area contributed by atoms with Crippen LogP contribution in [-0.2, 0) is 4.74 Å². The molecule has 0 aliphatic carbocycles. The number of aliphatic hydroxyl groups excluding tert-OH is 1. The van der Waals surface area contributed by atoms with Crippen molar-refractivity contribution in [3.8, 4) is 0 Å². The van der Waals surface area contributed by atoms with E-state index in [-0.39, 0.29) is 12.6 Å². The molecule has 0 spiro atoms. The number of nitrogens with one attached hydrogen (secondary N) is 1. The summed E-state index contributed by atoms with van der Waals surface area (Å²) in [6.45, 7) is 8.21. The largest absolute Gasteiger partial charge is 0.395 e. The Labute approximate surface area is 92.6 Å². The summed E-state index contributed by atoms with van der Waals surface area (Å²) in [5, 5.41) is 12.7. The Morgan fingerprint density at radius 1 is 1.53 bits per heavy atom. The van der Waals surface area contributed by atoms with Crippen LogP contribution in [0.5, 0.6) is 0 Å². The molecule has 2 unspecified atom stereocenters. The second-order valence-corrected chi connectivity index (χ2v) is 4.58. The number of ether oxygens (including phenoxy) is 1. The van der Waals surface area contributed by atoms with Crippen molar-refractivity contribution in [1.29, 1.82) is 0 Å². The van der Waals surface area contributed by atoms with E-state index in [1.807, 2.05) is 0 Å². The highest BCUT2D eigenvalue weighted by Crippen LogP contribution is 2.12. The summed E-state index contributed by atoms with van der Waals surface area (Å²) in [7, 11) is 1.72. The number of methoxy groups -OCH3 is 1. The molecule has 0 aromatic rings. The first-order chi connectivity index (χ1) is 7.19. The number of piperazine rings is 1. The lowest BCUT2D eigenvalue weighted by atomic mass is 9.99. The summed E-state index contributed by atoms with van der Waals surface area (Å²) >= 11 is 0. The summed E-state index contributed by atoms with van der Waals surface area (Å²) in [4.78, 5) is 2.32. The standard InChI is InChI=1S/C11H24N2O2/c1-9(2)11-7-13(4-5-15-3)10(8-14)6-12-11/h9-12,14H,4-8H2,1-3H3. The van der Waals surface area contributed by atoms with Crippen molar-refractivity contribution >= 4 is 0 Å². The number of nitrogens with zero attached hydrogens (tertiary/aromatic N) is 1. The van der Waals surface area contributed by atoms with Crippen LogP contribution in [0, 0.1) is 5.92 Å². The zero-order valence-corrected chi connectivity index (χ0v) is 10.1. The second kappa shape index (κ2) is 6.43. The molecule has 0 saturated carbocycles. The lowest BCUT2D eigenvalue weighted by Gasteiger charge is -2.41. The molecule has 1 saturated heterocycles. The molecule has 0 aromatic heterocycles. The Bertz CT molecular complexity index is 176. The van der Waals surface area contributed by atoms with Crippen molar-refractivity contribution in [2.75, 3.05) is 40.0 Å². The van der Waals surface area contributed by atoms with Gasteiger partial charge in [-0.25, -0.2) is 0 Å². The average molecular weight is 216 g/mol. The van der Waals surface area contributed by atoms with E-state index in [0.717, 1.165) is 26.2 Å². The van der Waals surface area contributed by atoms with Gasteiger partial charge in [0.1, 0.15) is 0 Å². The van der Waals surface area contributed by atoms with Gasteiger partial charge >= 0.3 is 0 Å². The van der Waals surface area contributed by atoms with Gasteiger partial charge < -0.3 is 15.2 Å². The molecule has 0 amide bonds. The van der Waals surface area contributed by atoms with E-state index < -0.39 is 0 Å². The van der Waals surface area contributed by atoms with E-state index >= 15 is 0 Å². The van der Waals surface area contributed by atoms with Crippen LogP contribution in [0.25, 0.3) is 0 Å². The summed E-state index contributed by atoms with van der Waals surface area (Å²) in [6.07, 6.45) is 0. The smallest absolute Gasteiger partial charge is 0.0599 e. The second-order valence-electron chi connectivity index (χ2n) is 4.58. The summed E-state index contributed by atoms with van der Waals surface area (Å²) in [5.41, 5.74) is 0. The van der Waals surface area contributed by atoms with Crippen molar-refractivity contribution in [3.05, 3.63) is 0 Å². The van der Waals surface area contributed by atoms with Gasteiger partial charge in [0.2, 0.25) is 0 Å². The zero-order chi connectivity index (χ0) is 11.3. The minimum absolute atomic E-state index is 0.224. The highest BCUT2D eigenvalue weighted by Gasteiger charge is 2.28. The summed E-state index contributed by atoms with van der Waals surface area (Å²) in [5.74, 6) is 0.634. The van der Waals surface area contributed by atoms with E-state index in [9.17, 15) is 5.11 Å². The quantitative estimate of drug-likeness (QED) is 0.675. The first-order valence-corrected chi connectivity index (χ1v) is 5.76. The van der Waals surface area contributed by atoms with E-state index in [1.54, 1.807) is 7.11 Å². The fraction of sp³-hybridized carbons (Fsp3) is 1.00. The van der Waals surface area contributed by atoms with Crippen molar-refractivity contribution in [2.24, 2.45) is 5.92 Å². The van der Waals surface area contributed by atoms with Crippen LogP contribution in [0.4, 0.5) is 0 Å². The maximum absolute atomic E-state index is 9.26. The average Bonchev–Trinajstić information content (AvgIpc) is 2.25. The fourth-order valence-electron chi connectivity index (χ4n) is 1.99. The maximum Gasteiger partial charge on any atom is 0.0599 e. The van der Waals surface area contributed by atoms with Crippen molar-refractivity contribution in [1.82, 2.24) is 10.2 Å². The monoisotopic (exact) mass is 216 g/mol. The Kier molecular flexibility index (Phi) is 5.53. The first kappa shape index (κ1) is 12.9. The van der Waals surface area contributed by atoms with E-state index in [4.69, 9.17) is 4.74 Å². The highest BCUT2D eigenvalue weighted by atomic mass is 16.5. The van der Waals surface area contributed by atoms with Crippen LogP contribution in [-0.4, -0.2) is 62.0 Å². The molecule has 2 N–H and O–H groups in total. The van der Waals surface area contributed by atoms with Crippen LogP contribution in [0.3, 0.4) is 0 Å². The molecule has 15 heavy (non-hydrogen) atoms. The molecule has 4 nitrogen and oxygen atoms in total. The molecule has 1 fully saturated rings. The van der Waals surface area contributed by atoms with E-state index in [1.165, 1.54) is 0 Å². The molecule has 90 valence electrons. The van der Waals surface area contributed by atoms with Gasteiger partial charge in [-0.3, -0.25) is 4.90 Å². The Morgan fingerprint density at radius 3 is 2.80 bits per heavy atom. The van der Waals surface area contributed by atoms with Crippen LogP contribution >= 0.6 is 0 Å². The van der Waals surface area contributed by atoms with Gasteiger partial charge in [0.15, 0.2) is 0 Å². The van der Waals surface area contributed by atoms with Gasteiger partial charge in [0, 0.05) is 38.8 Å². The topological polar surface area (TPSA) is 44.7 Å². The number of hydrogen-bond acceptors (Lipinski definition) is 4. The molecule has 2 atom stereocenters. The Morgan fingerprint density at radius 2 is 2.27 bits per heavy atom. The van der Waals surface area contributed by atoms with Gasteiger partial charge in [-0.2, -0.15) is 0 Å². The third-order valence-corrected chi connectivity index (χ3v) is 3.16. The van der Waals surface area contributed by atoms with Crippen LogP contribution in [0.2, 0.25) is 0 Å². The number of aliphatic hydroxyl groups is 1. The summed E-state index contributed by atoms with van der Waals surface area (Å²) in [6, 6.07) is 0.778. The lowest BCUT2D eigenvalue weighted by molar-refractivity contribution is 0.0481. The Balaban J connectivity index is 2.45. The Hall–Kier alpha value is -0.160. The normalized spacial score (nSPS) is 28.6. The molecule has 1 aliphatic heterocycles. The van der Waals surface area contributed by atoms with Crippen LogP contribution < -0.4 is 5.32 Å². The zero-order valence-electron chi connectivity index (χ0n) is 10.1. The maximum atomic E-state index is 9.26. The molecule has 4 heteroatoms. The SMILES string of the molecule is COCCN1CC(C(C)C)NCC1CO. The lowest BCUT2D eigenvalue weighted by Crippen LogP contribution is -2.59. The molecule has 0 radical (unpaired) electrons. The molecule has 1 heterocycles. The molecule has 1 aliphatic rings. The van der Waals surface area contributed by atoms with Gasteiger partial charge in [-0.1, -0.05) is 13.8 Å². The van der Waals surface area contributed by atoms with Crippen molar-refractivity contribution < 1.29 is 9.84 Å². The third kappa shape index (κ3) is 3.72. The minimum atomic E-state index is 0.224. The van der Waals surface area contributed by atoms with Crippen LogP contribution in [0.1, 0.15) is 13.8 Å². The molecule has 0 aromatic carbocycles. The first-order valence-electron chi connectivity index (χ1n) is 5.76. The third-order valence-electron chi connectivity index (χ3n) is 3.16. The van der Waals surface area contributed by atoms with Gasteiger partial charge in [-0.05, 0) is 5.92 Å². The molecular formula is C11H24N2O2. The predicted octanol–water partition coefficient (Wildman–Crippen LogP) is -0.0765. The molecule has 0 bridgehead atoms. The van der Waals surface area contributed by atoms with Gasteiger partial charge in [-0.15, -0.1) is 0 Å². The molecule has 1 rings (SSSR count). The summed E-state index contributed by atoms with van der Waals surface area (Å²) < 4.78 is 5.09. The highest BCUT2D eigenvalue weighted by molar-refractivity contribution is 4.87. The number of rotatable bonds is 5. The predicted molar refractivity (Wildman–Crippen MR) is 61.0 cm³/mol. The van der Waals surface area contributed by atoms with Gasteiger partial charge in [0.05, 0.1) is 13.2 Å². The van der Waals surface area contributed by atoms with Gasteiger partial charge in [0.25, 0.3) is 0 Å². The minimum Gasteiger partial charge on any atom is -0.395 e. The molecular weight excluding hydrogens is 192 g/mol. The van der Waals surface area contributed by atoms with Crippen LogP contribution in [0.15, 0.2) is 0 Å². The van der Waals surface area contributed by atoms with E-state index in [0.29, 0.717) is 12.0 Å². The van der Waals surface area contributed by atoms with Crippen molar-refractivity contribution in [3.63, 3.8) is 0 Å². The van der Waals surface area contributed by atoms with E-state index in [2.05, 4.69) is 24.1 Å². The van der Waals surface area contributed by atoms with Crippen molar-refractivity contribution in [2.45, 2.75) is 25.9 Å². The fourth-order valence-corrected chi connectivity index (χ4v) is 1.99. The number of hydrogen-bond donors (Lipinski definition) is 2.